The second kappa shape index (κ2) is 7.84. The van der Waals surface area contributed by atoms with Crippen molar-refractivity contribution in [3.63, 3.8) is 0 Å². The predicted octanol–water partition coefficient (Wildman–Crippen LogP) is 4.53. The topological polar surface area (TPSA) is 81.4 Å². The molecule has 0 fully saturated rings. The number of halogens is 1. The summed E-state index contributed by atoms with van der Waals surface area (Å²) in [5.41, 5.74) is 1.51. The van der Waals surface area contributed by atoms with Crippen LogP contribution in [0.3, 0.4) is 0 Å². The van der Waals surface area contributed by atoms with Gasteiger partial charge in [0.05, 0.1) is 0 Å². The number of carbonyl (C=O) groups is 1. The van der Waals surface area contributed by atoms with Crippen LogP contribution in [0.4, 0.5) is 10.1 Å². The molecule has 1 N–H and O–H groups in total. The molecule has 146 valence electrons. The highest BCUT2D eigenvalue weighted by Gasteiger charge is 2.13. The molecular formula is C21H15FN2O4S. The number of nitrogens with zero attached hydrogens (tertiary/aromatic N) is 1. The maximum absolute atomic E-state index is 12.9. The summed E-state index contributed by atoms with van der Waals surface area (Å²) in [6.45, 7) is 1.99. The average molecular weight is 410 g/mol. The molecule has 0 saturated heterocycles. The maximum Gasteiger partial charge on any atom is 0.336 e. The van der Waals surface area contributed by atoms with Crippen molar-refractivity contribution >= 4 is 33.9 Å². The van der Waals surface area contributed by atoms with E-state index in [4.69, 9.17) is 9.15 Å². The van der Waals surface area contributed by atoms with Crippen molar-refractivity contribution in [3.8, 4) is 5.75 Å². The molecule has 0 bridgehead atoms. The van der Waals surface area contributed by atoms with Crippen LogP contribution in [0.2, 0.25) is 0 Å². The van der Waals surface area contributed by atoms with Crippen LogP contribution in [0.15, 0.2) is 63.1 Å². The highest BCUT2D eigenvalue weighted by Crippen LogP contribution is 2.22. The second-order valence-electron chi connectivity index (χ2n) is 6.28. The van der Waals surface area contributed by atoms with Gasteiger partial charge in [-0.25, -0.2) is 14.2 Å². The number of aromatic nitrogens is 1. The maximum atomic E-state index is 12.9. The number of hydrogen-bond acceptors (Lipinski definition) is 6. The van der Waals surface area contributed by atoms with Crippen molar-refractivity contribution in [2.75, 3.05) is 5.32 Å². The van der Waals surface area contributed by atoms with Crippen molar-refractivity contribution < 1.29 is 18.3 Å². The van der Waals surface area contributed by atoms with E-state index in [1.54, 1.807) is 23.6 Å². The number of fused-ring (bicyclic) bond motifs is 1. The number of rotatable bonds is 5. The van der Waals surface area contributed by atoms with Crippen molar-refractivity contribution in [3.05, 3.63) is 86.4 Å². The molecule has 0 aliphatic heterocycles. The summed E-state index contributed by atoms with van der Waals surface area (Å²) in [4.78, 5) is 28.3. The summed E-state index contributed by atoms with van der Waals surface area (Å²) >= 11 is 1.29. The fourth-order valence-corrected chi connectivity index (χ4v) is 3.44. The first-order valence-electron chi connectivity index (χ1n) is 8.66. The SMILES string of the molecule is Cc1cc(=O)oc2cc(NC(=O)c3csc(COc4ccc(F)cc4)n3)ccc12. The van der Waals surface area contributed by atoms with Crippen LogP contribution in [-0.4, -0.2) is 10.9 Å². The van der Waals surface area contributed by atoms with Gasteiger partial charge in [-0.2, -0.15) is 0 Å². The van der Waals surface area contributed by atoms with E-state index in [9.17, 15) is 14.0 Å². The van der Waals surface area contributed by atoms with Crippen LogP contribution in [0.1, 0.15) is 21.1 Å². The Kier molecular flexibility index (Phi) is 5.09. The Morgan fingerprint density at radius 2 is 2.00 bits per heavy atom. The zero-order valence-electron chi connectivity index (χ0n) is 15.3. The van der Waals surface area contributed by atoms with Gasteiger partial charge in [0.1, 0.15) is 34.5 Å². The molecule has 2 aromatic heterocycles. The van der Waals surface area contributed by atoms with E-state index in [1.807, 2.05) is 6.92 Å². The Morgan fingerprint density at radius 1 is 1.21 bits per heavy atom. The lowest BCUT2D eigenvalue weighted by Gasteiger charge is -2.06. The molecule has 0 aliphatic rings. The lowest BCUT2D eigenvalue weighted by Crippen LogP contribution is -2.12. The molecule has 4 rings (SSSR count). The van der Waals surface area contributed by atoms with Gasteiger partial charge in [-0.15, -0.1) is 11.3 Å². The van der Waals surface area contributed by atoms with Gasteiger partial charge in [0.2, 0.25) is 0 Å². The van der Waals surface area contributed by atoms with E-state index < -0.39 is 5.63 Å². The zero-order valence-corrected chi connectivity index (χ0v) is 16.1. The standard InChI is InChI=1S/C21H15FN2O4S/c1-12-8-20(25)28-18-9-14(4-7-16(12)18)23-21(26)17-11-29-19(24-17)10-27-15-5-2-13(22)3-6-15/h2-9,11H,10H2,1H3,(H,23,26). The molecule has 8 heteroatoms. The lowest BCUT2D eigenvalue weighted by atomic mass is 10.1. The van der Waals surface area contributed by atoms with Crippen LogP contribution in [0.5, 0.6) is 5.75 Å². The summed E-state index contributed by atoms with van der Waals surface area (Å²) in [6.07, 6.45) is 0. The Labute approximate surface area is 168 Å². The third kappa shape index (κ3) is 4.33. The lowest BCUT2D eigenvalue weighted by molar-refractivity contribution is 0.102. The molecule has 0 atom stereocenters. The van der Waals surface area contributed by atoms with E-state index >= 15 is 0 Å². The van der Waals surface area contributed by atoms with Gasteiger partial charge >= 0.3 is 5.63 Å². The van der Waals surface area contributed by atoms with E-state index in [0.29, 0.717) is 22.0 Å². The number of aryl methyl sites for hydroxylation is 1. The van der Waals surface area contributed by atoms with E-state index in [0.717, 1.165) is 10.9 Å². The van der Waals surface area contributed by atoms with E-state index in [1.165, 1.54) is 41.7 Å². The molecule has 0 saturated carbocycles. The quantitative estimate of drug-likeness (QED) is 0.489. The van der Waals surface area contributed by atoms with Gasteiger partial charge in [-0.1, -0.05) is 0 Å². The molecule has 2 heterocycles. The number of carbonyl (C=O) groups excluding carboxylic acids is 1. The fourth-order valence-electron chi connectivity index (χ4n) is 2.76. The van der Waals surface area contributed by atoms with Gasteiger partial charge in [0.25, 0.3) is 5.91 Å². The number of amides is 1. The number of hydrogen-bond donors (Lipinski definition) is 1. The first kappa shape index (κ1) is 18.8. The molecule has 6 nitrogen and oxygen atoms in total. The highest BCUT2D eigenvalue weighted by molar-refractivity contribution is 7.09. The minimum absolute atomic E-state index is 0.171. The van der Waals surface area contributed by atoms with Crippen molar-refractivity contribution in [2.45, 2.75) is 13.5 Å². The first-order chi connectivity index (χ1) is 14.0. The molecule has 0 unspecified atom stereocenters. The number of thiazole rings is 1. The Balaban J connectivity index is 1.44. The van der Waals surface area contributed by atoms with Gasteiger partial charge < -0.3 is 14.5 Å². The Hall–Kier alpha value is -3.52. The van der Waals surface area contributed by atoms with E-state index in [-0.39, 0.29) is 24.0 Å². The first-order valence-corrected chi connectivity index (χ1v) is 9.54. The molecular weight excluding hydrogens is 395 g/mol. The van der Waals surface area contributed by atoms with Crippen LogP contribution < -0.4 is 15.7 Å². The van der Waals surface area contributed by atoms with Gasteiger partial charge in [0, 0.05) is 28.6 Å². The van der Waals surface area contributed by atoms with Gasteiger partial charge in [0.15, 0.2) is 0 Å². The monoisotopic (exact) mass is 410 g/mol. The third-order valence-corrected chi connectivity index (χ3v) is 4.99. The van der Waals surface area contributed by atoms with Crippen molar-refractivity contribution in [1.82, 2.24) is 4.98 Å². The normalized spacial score (nSPS) is 10.8. The molecule has 2 aromatic carbocycles. The summed E-state index contributed by atoms with van der Waals surface area (Å²) in [5, 5.41) is 5.79. The van der Waals surface area contributed by atoms with Crippen LogP contribution in [0.25, 0.3) is 11.0 Å². The molecule has 4 aromatic rings. The molecule has 29 heavy (non-hydrogen) atoms. The fraction of sp³-hybridized carbons (Fsp3) is 0.0952. The smallest absolute Gasteiger partial charge is 0.336 e. The van der Waals surface area contributed by atoms with E-state index in [2.05, 4.69) is 10.3 Å². The molecule has 0 radical (unpaired) electrons. The van der Waals surface area contributed by atoms with Crippen LogP contribution in [0, 0.1) is 12.7 Å². The summed E-state index contributed by atoms with van der Waals surface area (Å²) in [5.74, 6) is -0.210. The minimum atomic E-state index is -0.441. The van der Waals surface area contributed by atoms with Gasteiger partial charge in [-0.05, 0) is 48.9 Å². The number of benzene rings is 2. The number of anilines is 1. The number of ether oxygens (including phenoxy) is 1. The third-order valence-electron chi connectivity index (χ3n) is 4.17. The minimum Gasteiger partial charge on any atom is -0.486 e. The summed E-state index contributed by atoms with van der Waals surface area (Å²) in [7, 11) is 0. The van der Waals surface area contributed by atoms with Crippen LogP contribution >= 0.6 is 11.3 Å². The number of nitrogens with one attached hydrogen (secondary N) is 1. The van der Waals surface area contributed by atoms with Crippen molar-refractivity contribution in [2.24, 2.45) is 0 Å². The zero-order chi connectivity index (χ0) is 20.4. The second-order valence-corrected chi connectivity index (χ2v) is 7.23. The summed E-state index contributed by atoms with van der Waals surface area (Å²) in [6, 6.07) is 12.2. The molecule has 0 aliphatic carbocycles. The summed E-state index contributed by atoms with van der Waals surface area (Å²) < 4.78 is 23.6. The molecule has 0 spiro atoms. The van der Waals surface area contributed by atoms with Crippen molar-refractivity contribution in [1.29, 1.82) is 0 Å². The predicted molar refractivity (Wildman–Crippen MR) is 108 cm³/mol. The average Bonchev–Trinajstić information content (AvgIpc) is 3.16. The van der Waals surface area contributed by atoms with Crippen LogP contribution in [-0.2, 0) is 6.61 Å². The largest absolute Gasteiger partial charge is 0.486 e. The van der Waals surface area contributed by atoms with Gasteiger partial charge in [-0.3, -0.25) is 4.79 Å². The Morgan fingerprint density at radius 3 is 2.79 bits per heavy atom. The highest BCUT2D eigenvalue weighted by atomic mass is 32.1. The Bertz CT molecular complexity index is 1250. The molecule has 1 amide bonds.